The second kappa shape index (κ2) is 5.36. The summed E-state index contributed by atoms with van der Waals surface area (Å²) in [5.41, 5.74) is 1.39. The second-order valence-electron chi connectivity index (χ2n) is 4.13. The van der Waals surface area contributed by atoms with E-state index in [1.165, 1.54) is 39.4 Å². The first kappa shape index (κ1) is 12.7. The lowest BCUT2D eigenvalue weighted by Gasteiger charge is -2.09. The van der Waals surface area contributed by atoms with E-state index in [4.69, 9.17) is 0 Å². The largest absolute Gasteiger partial charge is 0.131 e. The summed E-state index contributed by atoms with van der Waals surface area (Å²) >= 11 is 3.72. The molecule has 4 heteroatoms. The van der Waals surface area contributed by atoms with Gasteiger partial charge in [0.25, 0.3) is 0 Å². The van der Waals surface area contributed by atoms with Gasteiger partial charge in [-0.05, 0) is 42.3 Å². The third kappa shape index (κ3) is 2.38. The van der Waals surface area contributed by atoms with Crippen LogP contribution in [0.15, 0.2) is 46.4 Å². The summed E-state index contributed by atoms with van der Waals surface area (Å²) in [7, 11) is 3.02. The van der Waals surface area contributed by atoms with Gasteiger partial charge in [0.1, 0.15) is 0 Å². The molecule has 0 saturated carbocycles. The Labute approximate surface area is 120 Å². The Hall–Kier alpha value is -0.310. The first-order chi connectivity index (χ1) is 8.75. The third-order valence-electron chi connectivity index (χ3n) is 2.94. The molecule has 0 aliphatic heterocycles. The van der Waals surface area contributed by atoms with E-state index in [-0.39, 0.29) is 0 Å². The van der Waals surface area contributed by atoms with E-state index in [0.29, 0.717) is 0 Å². The van der Waals surface area contributed by atoms with E-state index in [9.17, 15) is 0 Å². The Bertz CT molecular complexity index is 655. The Morgan fingerprint density at radius 2 is 1.72 bits per heavy atom. The average Bonchev–Trinajstić information content (AvgIpc) is 3.03. The van der Waals surface area contributed by atoms with Gasteiger partial charge in [-0.3, -0.25) is 0 Å². The van der Waals surface area contributed by atoms with E-state index < -0.39 is 0 Å². The molecule has 3 rings (SSSR count). The van der Waals surface area contributed by atoms with Crippen LogP contribution in [0, 0.1) is 6.92 Å². The summed E-state index contributed by atoms with van der Waals surface area (Å²) in [5.74, 6) is 4.51. The monoisotopic (exact) mass is 352 g/mol. The highest BCUT2D eigenvalue weighted by Crippen LogP contribution is 2.46. The van der Waals surface area contributed by atoms with Crippen LogP contribution >= 0.6 is 40.5 Å². The molecule has 0 N–H and O–H groups in total. The fourth-order valence-corrected chi connectivity index (χ4v) is 6.21. The molecule has 0 fully saturated rings. The Morgan fingerprint density at radius 3 is 2.33 bits per heavy atom. The number of rotatable bonds is 2. The fraction of sp³-hybridized carbons (Fsp3) is 0.0714. The molecule has 0 nitrogen and oxygen atoms in total. The molecule has 0 aliphatic carbocycles. The first-order valence-corrected chi connectivity index (χ1v) is 9.54. The SMILES string of the molecule is Cc1c(Br)cc(-c2ccc[pH]2)pc1-c1ccc[pH]1. The van der Waals surface area contributed by atoms with Gasteiger partial charge in [0.15, 0.2) is 0 Å². The number of hydrogen-bond acceptors (Lipinski definition) is 0. The minimum Gasteiger partial charge on any atom is -0.131 e. The Balaban J connectivity index is 2.20. The lowest BCUT2D eigenvalue weighted by atomic mass is 10.2. The van der Waals surface area contributed by atoms with E-state index >= 15 is 0 Å². The van der Waals surface area contributed by atoms with Gasteiger partial charge in [-0.2, -0.15) is 0 Å². The standard InChI is InChI=1S/C14H12BrP3/c1-9-10(15)8-13(11-4-2-6-16-11)18-14(9)12-5-3-7-17-12/h2-8,16-17H,1H3. The minimum atomic E-state index is 0.828. The van der Waals surface area contributed by atoms with Crippen LogP contribution in [-0.2, 0) is 0 Å². The predicted octanol–water partition coefficient (Wildman–Crippen LogP) is 6.73. The highest BCUT2D eigenvalue weighted by molar-refractivity contribution is 9.10. The highest BCUT2D eigenvalue weighted by Gasteiger charge is 2.10. The summed E-state index contributed by atoms with van der Waals surface area (Å²) in [4.78, 5) is 0. The van der Waals surface area contributed by atoms with Gasteiger partial charge in [-0.1, -0.05) is 36.3 Å². The molecule has 0 saturated heterocycles. The van der Waals surface area contributed by atoms with Gasteiger partial charge in [-0.25, -0.2) is 0 Å². The van der Waals surface area contributed by atoms with Crippen molar-refractivity contribution in [3.63, 3.8) is 0 Å². The van der Waals surface area contributed by atoms with Crippen molar-refractivity contribution in [3.8, 4) is 21.2 Å². The van der Waals surface area contributed by atoms with Crippen LogP contribution in [0.2, 0.25) is 0 Å². The molecule has 2 atom stereocenters. The second-order valence-corrected chi connectivity index (χ2v) is 8.46. The Kier molecular flexibility index (Phi) is 3.78. The Morgan fingerprint density at radius 1 is 1.06 bits per heavy atom. The van der Waals surface area contributed by atoms with Gasteiger partial charge < -0.3 is 0 Å². The normalized spacial score (nSPS) is 12.1. The lowest BCUT2D eigenvalue weighted by molar-refractivity contribution is 1.49. The average molecular weight is 353 g/mol. The van der Waals surface area contributed by atoms with Crippen molar-refractivity contribution in [2.45, 2.75) is 6.92 Å². The molecule has 0 aromatic carbocycles. The van der Waals surface area contributed by atoms with Crippen LogP contribution < -0.4 is 0 Å². The molecule has 0 radical (unpaired) electrons. The van der Waals surface area contributed by atoms with E-state index in [2.05, 4.69) is 64.8 Å². The fourth-order valence-electron chi connectivity index (χ4n) is 1.95. The smallest absolute Gasteiger partial charge is 0.0224 e. The molecule has 0 amide bonds. The van der Waals surface area contributed by atoms with E-state index in [0.717, 1.165) is 16.4 Å². The van der Waals surface area contributed by atoms with Crippen molar-refractivity contribution in [2.24, 2.45) is 0 Å². The van der Waals surface area contributed by atoms with Crippen molar-refractivity contribution in [1.82, 2.24) is 0 Å². The van der Waals surface area contributed by atoms with E-state index in [1.807, 2.05) is 0 Å². The molecule has 3 aromatic heterocycles. The molecule has 0 spiro atoms. The van der Waals surface area contributed by atoms with Crippen LogP contribution in [-0.4, -0.2) is 0 Å². The van der Waals surface area contributed by atoms with Crippen molar-refractivity contribution in [3.05, 3.63) is 52.0 Å². The van der Waals surface area contributed by atoms with Crippen LogP contribution in [0.25, 0.3) is 21.2 Å². The quantitative estimate of drug-likeness (QED) is 0.479. The van der Waals surface area contributed by atoms with Crippen LogP contribution in [0.3, 0.4) is 0 Å². The zero-order valence-corrected chi connectivity index (χ0v) is 14.3. The predicted molar refractivity (Wildman–Crippen MR) is 91.3 cm³/mol. The van der Waals surface area contributed by atoms with Gasteiger partial charge >= 0.3 is 0 Å². The van der Waals surface area contributed by atoms with Crippen molar-refractivity contribution < 1.29 is 0 Å². The summed E-state index contributed by atoms with van der Waals surface area (Å²) in [6.07, 6.45) is 0. The molecular formula is C14H12BrP3. The van der Waals surface area contributed by atoms with Gasteiger partial charge in [0.2, 0.25) is 0 Å². The van der Waals surface area contributed by atoms with Crippen LogP contribution in [0.4, 0.5) is 0 Å². The van der Waals surface area contributed by atoms with Crippen molar-refractivity contribution >= 4 is 40.5 Å². The van der Waals surface area contributed by atoms with E-state index in [1.54, 1.807) is 0 Å². The zero-order chi connectivity index (χ0) is 12.5. The molecule has 3 heterocycles. The molecule has 18 heavy (non-hydrogen) atoms. The minimum absolute atomic E-state index is 0.828. The molecular weight excluding hydrogens is 341 g/mol. The van der Waals surface area contributed by atoms with Crippen molar-refractivity contribution in [1.29, 1.82) is 0 Å². The molecule has 0 bridgehead atoms. The topological polar surface area (TPSA) is 0 Å². The summed E-state index contributed by atoms with van der Waals surface area (Å²) in [6, 6.07) is 11.1. The molecule has 2 unspecified atom stereocenters. The maximum absolute atomic E-state index is 3.72. The summed E-state index contributed by atoms with van der Waals surface area (Å²) in [6.45, 7) is 2.22. The maximum Gasteiger partial charge on any atom is 0.0224 e. The van der Waals surface area contributed by atoms with Gasteiger partial charge in [0.05, 0.1) is 0 Å². The van der Waals surface area contributed by atoms with Crippen LogP contribution in [0.5, 0.6) is 0 Å². The first-order valence-electron chi connectivity index (χ1n) is 5.70. The molecule has 0 aliphatic rings. The van der Waals surface area contributed by atoms with Crippen molar-refractivity contribution in [2.75, 3.05) is 0 Å². The lowest BCUT2D eigenvalue weighted by Crippen LogP contribution is -1.79. The van der Waals surface area contributed by atoms with Gasteiger partial charge in [0, 0.05) is 25.7 Å². The third-order valence-corrected chi connectivity index (χ3v) is 7.78. The number of hydrogen-bond donors (Lipinski definition) is 0. The summed E-state index contributed by atoms with van der Waals surface area (Å²) in [5, 5.41) is 5.91. The van der Waals surface area contributed by atoms with Gasteiger partial charge in [-0.15, -0.1) is 16.4 Å². The zero-order valence-electron chi connectivity index (χ0n) is 9.87. The highest BCUT2D eigenvalue weighted by atomic mass is 79.9. The number of halogens is 1. The molecule has 3 aromatic rings. The summed E-state index contributed by atoms with van der Waals surface area (Å²) < 4.78 is 1.24. The maximum atomic E-state index is 3.72. The van der Waals surface area contributed by atoms with Crippen LogP contribution in [0.1, 0.15) is 5.56 Å². The molecule has 90 valence electrons.